The summed E-state index contributed by atoms with van der Waals surface area (Å²) in [7, 11) is 1.95. The van der Waals surface area contributed by atoms with Gasteiger partial charge < -0.3 is 4.42 Å². The van der Waals surface area contributed by atoms with Crippen LogP contribution < -0.4 is 4.57 Å². The number of hydrogen-bond donors (Lipinski definition) is 0. The van der Waals surface area contributed by atoms with E-state index in [0.29, 0.717) is 11.1 Å². The van der Waals surface area contributed by atoms with Crippen molar-refractivity contribution >= 4 is 43.5 Å². The molecule has 43 heavy (non-hydrogen) atoms. The molecule has 0 unspecified atom stereocenters. The topological polar surface area (TPSA) is 17.0 Å². The number of furan rings is 1. The summed E-state index contributed by atoms with van der Waals surface area (Å²) in [5.74, 6) is 0. The Morgan fingerprint density at radius 3 is 2.00 bits per heavy atom. The third-order valence-corrected chi connectivity index (χ3v) is 9.09. The Morgan fingerprint density at radius 1 is 0.744 bits per heavy atom. The summed E-state index contributed by atoms with van der Waals surface area (Å²) in [6.45, 7) is 5.05. The molecular formula is C41H40NO+. The molecule has 5 aromatic carbocycles. The molecule has 0 amide bonds. The van der Waals surface area contributed by atoms with E-state index >= 15 is 0 Å². The van der Waals surface area contributed by atoms with Gasteiger partial charge in [-0.1, -0.05) is 88.4 Å². The maximum Gasteiger partial charge on any atom is 0.216 e. The van der Waals surface area contributed by atoms with Gasteiger partial charge in [-0.05, 0) is 93.6 Å². The van der Waals surface area contributed by atoms with Crippen molar-refractivity contribution < 1.29 is 17.2 Å². The Bertz CT molecular complexity index is 2420. The predicted octanol–water partition coefficient (Wildman–Crippen LogP) is 10.8. The van der Waals surface area contributed by atoms with Crippen LogP contribution in [-0.4, -0.2) is 0 Å². The minimum absolute atomic E-state index is 0.0386. The molecule has 0 fully saturated rings. The van der Waals surface area contributed by atoms with Crippen LogP contribution in [0.2, 0.25) is 0 Å². The first kappa shape index (κ1) is 21.3. The SMILES string of the molecule is [2H]C([2H])([2H])c1cc(C(C)(C)C)cc(C([2H])([2H])[2H])c1-c1cc[n+](C)c(-c2c(C)c(CC)cc3c2oc2c4ccccc4c4ccccc4c32)c1. The smallest absolute Gasteiger partial charge is 0.216 e. The molecule has 0 spiro atoms. The van der Waals surface area contributed by atoms with Crippen LogP contribution in [0.25, 0.3) is 65.9 Å². The molecule has 0 N–H and O–H groups in total. The van der Waals surface area contributed by atoms with Gasteiger partial charge in [0.05, 0.1) is 5.56 Å². The zero-order valence-corrected chi connectivity index (χ0v) is 25.6. The van der Waals surface area contributed by atoms with E-state index in [4.69, 9.17) is 12.6 Å². The maximum atomic E-state index is 8.54. The number of aromatic nitrogens is 1. The molecule has 7 aromatic rings. The number of aryl methyl sites for hydroxylation is 4. The lowest BCUT2D eigenvalue weighted by Gasteiger charge is -2.22. The molecule has 0 atom stereocenters. The highest BCUT2D eigenvalue weighted by Gasteiger charge is 2.26. The number of benzene rings is 5. The third-order valence-electron chi connectivity index (χ3n) is 9.09. The Morgan fingerprint density at radius 2 is 1.37 bits per heavy atom. The molecule has 0 radical (unpaired) electrons. The Hall–Kier alpha value is -4.43. The van der Waals surface area contributed by atoms with Crippen LogP contribution in [0.4, 0.5) is 0 Å². The van der Waals surface area contributed by atoms with Gasteiger partial charge >= 0.3 is 0 Å². The Kier molecular flexibility index (Phi) is 4.86. The Balaban J connectivity index is 1.61. The molecule has 0 saturated carbocycles. The van der Waals surface area contributed by atoms with Crippen molar-refractivity contribution in [1.29, 1.82) is 0 Å². The van der Waals surface area contributed by atoms with Gasteiger partial charge in [-0.15, -0.1) is 0 Å². The van der Waals surface area contributed by atoms with Crippen molar-refractivity contribution in [3.63, 3.8) is 0 Å². The number of pyridine rings is 1. The second-order valence-electron chi connectivity index (χ2n) is 12.8. The second-order valence-corrected chi connectivity index (χ2v) is 12.8. The van der Waals surface area contributed by atoms with Gasteiger partial charge in [-0.2, -0.15) is 0 Å². The number of nitrogens with zero attached hydrogens (tertiary/aromatic N) is 1. The van der Waals surface area contributed by atoms with Crippen molar-refractivity contribution in [2.75, 3.05) is 0 Å². The first-order valence-corrected chi connectivity index (χ1v) is 15.0. The van der Waals surface area contributed by atoms with Gasteiger partial charge in [-0.3, -0.25) is 0 Å². The molecule has 0 aliphatic carbocycles. The van der Waals surface area contributed by atoms with Crippen molar-refractivity contribution in [3.05, 3.63) is 113 Å². The maximum absolute atomic E-state index is 8.54. The normalized spacial score (nSPS) is 14.9. The van der Waals surface area contributed by atoms with Crippen molar-refractivity contribution in [2.24, 2.45) is 7.05 Å². The first-order valence-electron chi connectivity index (χ1n) is 18.0. The summed E-state index contributed by atoms with van der Waals surface area (Å²) in [5.41, 5.74) is 6.57. The molecule has 2 aromatic heterocycles. The van der Waals surface area contributed by atoms with E-state index < -0.39 is 19.1 Å². The van der Waals surface area contributed by atoms with Crippen LogP contribution in [-0.2, 0) is 18.9 Å². The van der Waals surface area contributed by atoms with E-state index in [1.807, 2.05) is 56.8 Å². The fourth-order valence-corrected chi connectivity index (χ4v) is 6.73. The lowest BCUT2D eigenvalue weighted by atomic mass is 9.82. The molecule has 2 nitrogen and oxygen atoms in total. The van der Waals surface area contributed by atoms with Crippen LogP contribution in [0.5, 0.6) is 0 Å². The average molecular weight is 569 g/mol. The standard InChI is InChI=1S/C41H40NO/c1-9-27-22-34-38-32-16-12-10-14-30(32)31-15-11-13-17-33(31)39(38)43-40(34)37(26(27)4)35-23-28(18-19-42(35)8)36-24(2)20-29(21-25(36)3)41(5,6)7/h10-23H,9H2,1-8H3/q+1/i2D3,3D3. The summed E-state index contributed by atoms with van der Waals surface area (Å²) in [5, 5.41) is 6.52. The van der Waals surface area contributed by atoms with Crippen molar-refractivity contribution in [1.82, 2.24) is 0 Å². The van der Waals surface area contributed by atoms with E-state index in [-0.39, 0.29) is 16.7 Å². The lowest BCUT2D eigenvalue weighted by molar-refractivity contribution is -0.660. The van der Waals surface area contributed by atoms with Gasteiger partial charge in [0.25, 0.3) is 0 Å². The molecule has 0 saturated heterocycles. The molecule has 0 bridgehead atoms. The predicted molar refractivity (Wildman–Crippen MR) is 183 cm³/mol. The quantitative estimate of drug-likeness (QED) is 0.153. The average Bonchev–Trinajstić information content (AvgIpc) is 3.42. The van der Waals surface area contributed by atoms with E-state index in [1.54, 1.807) is 12.1 Å². The summed E-state index contributed by atoms with van der Waals surface area (Å²) < 4.78 is 60.2. The molecule has 0 aliphatic heterocycles. The molecule has 2 heterocycles. The molecule has 7 rings (SSSR count). The minimum Gasteiger partial charge on any atom is -0.454 e. The second kappa shape index (κ2) is 9.81. The number of rotatable bonds is 3. The van der Waals surface area contributed by atoms with Gasteiger partial charge in [0.1, 0.15) is 18.2 Å². The number of hydrogen-bond acceptors (Lipinski definition) is 1. The monoisotopic (exact) mass is 568 g/mol. The van der Waals surface area contributed by atoms with Crippen molar-refractivity contribution in [3.8, 4) is 22.4 Å². The van der Waals surface area contributed by atoms with E-state index in [2.05, 4.69) is 62.4 Å². The van der Waals surface area contributed by atoms with E-state index in [9.17, 15) is 0 Å². The first-order chi connectivity index (χ1) is 23.0. The molecule has 2 heteroatoms. The van der Waals surface area contributed by atoms with Gasteiger partial charge in [-0.25, -0.2) is 4.57 Å². The Labute approximate surface area is 263 Å². The van der Waals surface area contributed by atoms with E-state index in [0.717, 1.165) is 66.7 Å². The van der Waals surface area contributed by atoms with Crippen molar-refractivity contribution in [2.45, 2.75) is 60.2 Å². The molecule has 0 aliphatic rings. The number of fused-ring (bicyclic) bond motifs is 8. The van der Waals surface area contributed by atoms with Crippen LogP contribution in [0.1, 0.15) is 63.7 Å². The molecular weight excluding hydrogens is 522 g/mol. The fourth-order valence-electron chi connectivity index (χ4n) is 6.73. The van der Waals surface area contributed by atoms with Crippen LogP contribution in [0.15, 0.2) is 89.5 Å². The van der Waals surface area contributed by atoms with Crippen LogP contribution >= 0.6 is 0 Å². The van der Waals surface area contributed by atoms with Gasteiger partial charge in [0.15, 0.2) is 6.20 Å². The van der Waals surface area contributed by atoms with E-state index in [1.165, 1.54) is 5.56 Å². The summed E-state index contributed by atoms with van der Waals surface area (Å²) in [6, 6.07) is 26.1. The third kappa shape index (κ3) is 4.19. The van der Waals surface area contributed by atoms with Crippen LogP contribution in [0.3, 0.4) is 0 Å². The zero-order chi connectivity index (χ0) is 35.2. The highest BCUT2D eigenvalue weighted by Crippen LogP contribution is 2.45. The lowest BCUT2D eigenvalue weighted by Crippen LogP contribution is -2.30. The zero-order valence-electron chi connectivity index (χ0n) is 31.6. The van der Waals surface area contributed by atoms with Gasteiger partial charge in [0.2, 0.25) is 5.69 Å². The largest absolute Gasteiger partial charge is 0.454 e. The summed E-state index contributed by atoms with van der Waals surface area (Å²) >= 11 is 0. The molecule has 214 valence electrons. The highest BCUT2D eigenvalue weighted by atomic mass is 16.3. The highest BCUT2D eigenvalue weighted by molar-refractivity contribution is 6.31. The summed E-state index contributed by atoms with van der Waals surface area (Å²) in [6.07, 6.45) is 2.68. The van der Waals surface area contributed by atoms with Gasteiger partial charge in [0, 0.05) is 36.5 Å². The van der Waals surface area contributed by atoms with Crippen LogP contribution in [0, 0.1) is 20.6 Å². The summed E-state index contributed by atoms with van der Waals surface area (Å²) in [4.78, 5) is 0. The fraction of sp³-hybridized carbons (Fsp3) is 0.244. The minimum atomic E-state index is -2.54.